The molecule has 0 saturated carbocycles. The molecule has 5 heteroatoms. The average molecular weight is 316 g/mol. The molecule has 0 bridgehead atoms. The van der Waals surface area contributed by atoms with E-state index >= 15 is 0 Å². The van der Waals surface area contributed by atoms with Crippen molar-refractivity contribution in [2.24, 2.45) is 0 Å². The van der Waals surface area contributed by atoms with Gasteiger partial charge in [-0.1, -0.05) is 55.1 Å². The second kappa shape index (κ2) is 10.1. The quantitative estimate of drug-likeness (QED) is 0.378. The van der Waals surface area contributed by atoms with Gasteiger partial charge in [-0.05, 0) is 12.5 Å². The molecule has 122 valence electrons. The van der Waals surface area contributed by atoms with Crippen LogP contribution in [0.1, 0.15) is 12.5 Å². The fourth-order valence-corrected chi connectivity index (χ4v) is 1.34. The number of hydrogen-bond acceptors (Lipinski definition) is 4. The maximum Gasteiger partial charge on any atom is 0.331 e. The van der Waals surface area contributed by atoms with Crippen molar-refractivity contribution in [1.29, 1.82) is 0 Å². The van der Waals surface area contributed by atoms with Gasteiger partial charge in [-0.2, -0.15) is 0 Å². The van der Waals surface area contributed by atoms with Gasteiger partial charge >= 0.3 is 11.9 Å². The Bertz CT molecular complexity index is 583. The number of carboxylic acids is 1. The van der Waals surface area contributed by atoms with E-state index in [0.717, 1.165) is 11.6 Å². The summed E-state index contributed by atoms with van der Waals surface area (Å²) in [6.07, 6.45) is 6.47. The molecule has 0 radical (unpaired) electrons. The lowest BCUT2D eigenvalue weighted by molar-refractivity contribution is -0.138. The number of carbonyl (C=O) groups is 2. The van der Waals surface area contributed by atoms with E-state index in [1.54, 1.807) is 19.1 Å². The SMILES string of the molecule is C=CC(=O)OCC1CO1.CC(=CC=Cc1ccccc1)C(=O)O. The standard InChI is InChI=1S/C12H12O2.C6H8O3/c1-10(12(13)14)6-5-9-11-7-3-2-4-8-11;1-2-6(7)9-4-5-3-8-5/h2-9H,1H3,(H,13,14);2,5H,1,3-4H2. The van der Waals surface area contributed by atoms with E-state index in [0.29, 0.717) is 18.8 Å². The zero-order chi connectivity index (χ0) is 17.1. The van der Waals surface area contributed by atoms with Gasteiger partial charge < -0.3 is 14.6 Å². The first-order valence-electron chi connectivity index (χ1n) is 7.07. The number of carbonyl (C=O) groups excluding carboxylic acids is 1. The molecule has 1 heterocycles. The number of hydrogen-bond donors (Lipinski definition) is 1. The van der Waals surface area contributed by atoms with Gasteiger partial charge in [0.2, 0.25) is 0 Å². The average Bonchev–Trinajstić information content (AvgIpc) is 3.38. The van der Waals surface area contributed by atoms with Crippen molar-refractivity contribution in [2.75, 3.05) is 13.2 Å². The van der Waals surface area contributed by atoms with Crippen LogP contribution in [-0.2, 0) is 19.1 Å². The summed E-state index contributed by atoms with van der Waals surface area (Å²) >= 11 is 0. The van der Waals surface area contributed by atoms with Crippen LogP contribution in [0.15, 0.2) is 60.7 Å². The Balaban J connectivity index is 0.000000253. The van der Waals surface area contributed by atoms with Crippen molar-refractivity contribution in [3.05, 3.63) is 66.3 Å². The Kier molecular flexibility index (Phi) is 8.10. The molecule has 1 aromatic carbocycles. The highest BCUT2D eigenvalue weighted by molar-refractivity contribution is 5.86. The Labute approximate surface area is 135 Å². The van der Waals surface area contributed by atoms with Crippen molar-refractivity contribution >= 4 is 18.0 Å². The summed E-state index contributed by atoms with van der Waals surface area (Å²) in [4.78, 5) is 20.8. The van der Waals surface area contributed by atoms with E-state index in [1.807, 2.05) is 36.4 Å². The molecule has 1 saturated heterocycles. The van der Waals surface area contributed by atoms with Gasteiger partial charge in [0.25, 0.3) is 0 Å². The Morgan fingerprint density at radius 1 is 1.39 bits per heavy atom. The number of carboxylic acid groups (broad SMARTS) is 1. The third-order valence-electron chi connectivity index (χ3n) is 2.75. The van der Waals surface area contributed by atoms with Gasteiger partial charge in [-0.25, -0.2) is 9.59 Å². The van der Waals surface area contributed by atoms with Crippen LogP contribution in [0.5, 0.6) is 0 Å². The number of rotatable bonds is 6. The molecule has 1 N–H and O–H groups in total. The predicted octanol–water partition coefficient (Wildman–Crippen LogP) is 2.85. The maximum atomic E-state index is 10.4. The lowest BCUT2D eigenvalue weighted by Gasteiger charge is -1.94. The molecule has 0 amide bonds. The molecule has 1 aliphatic heterocycles. The van der Waals surface area contributed by atoms with E-state index < -0.39 is 5.97 Å². The molecule has 0 spiro atoms. The zero-order valence-corrected chi connectivity index (χ0v) is 13.0. The first-order chi connectivity index (χ1) is 11.0. The molecular weight excluding hydrogens is 296 g/mol. The molecule has 1 atom stereocenters. The Morgan fingerprint density at radius 3 is 2.57 bits per heavy atom. The van der Waals surface area contributed by atoms with Crippen molar-refractivity contribution in [2.45, 2.75) is 13.0 Å². The van der Waals surface area contributed by atoms with Crippen molar-refractivity contribution in [1.82, 2.24) is 0 Å². The van der Waals surface area contributed by atoms with E-state index in [2.05, 4.69) is 11.3 Å². The zero-order valence-electron chi connectivity index (χ0n) is 13.0. The summed E-state index contributed by atoms with van der Waals surface area (Å²) in [5.41, 5.74) is 1.39. The van der Waals surface area contributed by atoms with Gasteiger partial charge in [0.05, 0.1) is 6.61 Å². The molecule has 1 aliphatic rings. The summed E-state index contributed by atoms with van der Waals surface area (Å²) < 4.78 is 9.42. The second-order valence-electron chi connectivity index (χ2n) is 4.71. The molecule has 1 aromatic rings. The van der Waals surface area contributed by atoms with Crippen LogP contribution < -0.4 is 0 Å². The van der Waals surface area contributed by atoms with Crippen LogP contribution in [0.25, 0.3) is 6.08 Å². The fourth-order valence-electron chi connectivity index (χ4n) is 1.34. The highest BCUT2D eigenvalue weighted by Crippen LogP contribution is 2.08. The summed E-state index contributed by atoms with van der Waals surface area (Å²) in [7, 11) is 0. The van der Waals surface area contributed by atoms with Crippen molar-refractivity contribution < 1.29 is 24.2 Å². The minimum Gasteiger partial charge on any atom is -0.478 e. The summed E-state index contributed by atoms with van der Waals surface area (Å²) in [5, 5.41) is 8.58. The lowest BCUT2D eigenvalue weighted by atomic mass is 10.2. The molecule has 5 nitrogen and oxygen atoms in total. The third kappa shape index (κ3) is 9.06. The van der Waals surface area contributed by atoms with Gasteiger partial charge in [-0.3, -0.25) is 0 Å². The number of aliphatic carboxylic acids is 1. The lowest BCUT2D eigenvalue weighted by Crippen LogP contribution is -2.06. The molecule has 1 fully saturated rings. The fraction of sp³-hybridized carbons (Fsp3) is 0.222. The highest BCUT2D eigenvalue weighted by atomic mass is 16.6. The van der Waals surface area contributed by atoms with Crippen molar-refractivity contribution in [3.63, 3.8) is 0 Å². The molecular formula is C18H20O5. The summed E-state index contributed by atoms with van der Waals surface area (Å²) in [6.45, 7) is 5.89. The summed E-state index contributed by atoms with van der Waals surface area (Å²) in [6, 6.07) is 9.73. The number of esters is 1. The largest absolute Gasteiger partial charge is 0.478 e. The normalized spacial score (nSPS) is 16.2. The Hall–Kier alpha value is -2.66. The number of benzene rings is 1. The van der Waals surface area contributed by atoms with Crippen LogP contribution in [0.4, 0.5) is 0 Å². The Morgan fingerprint density at radius 2 is 2.04 bits per heavy atom. The van der Waals surface area contributed by atoms with E-state index in [4.69, 9.17) is 9.84 Å². The molecule has 0 aliphatic carbocycles. The summed E-state index contributed by atoms with van der Waals surface area (Å²) in [5.74, 6) is -1.27. The number of allylic oxidation sites excluding steroid dienone is 2. The van der Waals surface area contributed by atoms with Crippen molar-refractivity contribution in [3.8, 4) is 0 Å². The minimum atomic E-state index is -0.886. The smallest absolute Gasteiger partial charge is 0.331 e. The van der Waals surface area contributed by atoms with Crippen LogP contribution in [0.2, 0.25) is 0 Å². The van der Waals surface area contributed by atoms with Crippen LogP contribution >= 0.6 is 0 Å². The maximum absolute atomic E-state index is 10.4. The van der Waals surface area contributed by atoms with Crippen LogP contribution in [0.3, 0.4) is 0 Å². The van der Waals surface area contributed by atoms with E-state index in [9.17, 15) is 9.59 Å². The molecule has 23 heavy (non-hydrogen) atoms. The van der Waals surface area contributed by atoms with Gasteiger partial charge in [0.15, 0.2) is 0 Å². The third-order valence-corrected chi connectivity index (χ3v) is 2.75. The van der Waals surface area contributed by atoms with E-state index in [1.165, 1.54) is 0 Å². The monoisotopic (exact) mass is 316 g/mol. The van der Waals surface area contributed by atoms with Gasteiger partial charge in [0, 0.05) is 11.6 Å². The van der Waals surface area contributed by atoms with Gasteiger partial charge in [-0.15, -0.1) is 0 Å². The number of ether oxygens (including phenoxy) is 2. The van der Waals surface area contributed by atoms with E-state index in [-0.39, 0.29) is 12.1 Å². The predicted molar refractivity (Wildman–Crippen MR) is 87.8 cm³/mol. The first kappa shape index (κ1) is 18.4. The number of epoxide rings is 1. The molecule has 1 unspecified atom stereocenters. The highest BCUT2D eigenvalue weighted by Gasteiger charge is 2.23. The van der Waals surface area contributed by atoms with Crippen LogP contribution in [-0.4, -0.2) is 36.4 Å². The van der Waals surface area contributed by atoms with Crippen LogP contribution in [0, 0.1) is 0 Å². The molecule has 2 rings (SSSR count). The second-order valence-corrected chi connectivity index (χ2v) is 4.71. The minimum absolute atomic E-state index is 0.147. The molecule has 0 aromatic heterocycles. The van der Waals surface area contributed by atoms with Gasteiger partial charge in [0.1, 0.15) is 12.7 Å². The first-order valence-corrected chi connectivity index (χ1v) is 7.07. The topological polar surface area (TPSA) is 76.1 Å².